The molecule has 0 aliphatic carbocycles. The highest BCUT2D eigenvalue weighted by Crippen LogP contribution is 2.30. The van der Waals surface area contributed by atoms with Gasteiger partial charge in [0, 0.05) is 16.7 Å². The Morgan fingerprint density at radius 2 is 1.65 bits per heavy atom. The van der Waals surface area contributed by atoms with Crippen LogP contribution in [0.4, 0.5) is 0 Å². The predicted molar refractivity (Wildman–Crippen MR) is 128 cm³/mol. The van der Waals surface area contributed by atoms with Crippen LogP contribution in [0.3, 0.4) is 0 Å². The first-order valence-electron chi connectivity index (χ1n) is 10.3. The summed E-state index contributed by atoms with van der Waals surface area (Å²) in [5, 5.41) is 15.6. The number of esters is 1. The van der Waals surface area contributed by atoms with E-state index in [2.05, 4.69) is 20.6 Å². The molecule has 0 fully saturated rings. The van der Waals surface area contributed by atoms with Crippen LogP contribution in [0.25, 0.3) is 23.2 Å². The minimum absolute atomic E-state index is 0.0293. The second kappa shape index (κ2) is 10.1. The molecule has 2 aromatic heterocycles. The van der Waals surface area contributed by atoms with Gasteiger partial charge in [-0.25, -0.2) is 9.48 Å². The summed E-state index contributed by atoms with van der Waals surface area (Å²) in [5.74, 6) is -0.687. The van der Waals surface area contributed by atoms with E-state index in [1.54, 1.807) is 60.1 Å². The second-order valence-electron chi connectivity index (χ2n) is 7.21. The average Bonchev–Trinajstić information content (AvgIpc) is 3.20. The van der Waals surface area contributed by atoms with Crippen LogP contribution in [0, 0.1) is 6.92 Å². The zero-order chi connectivity index (χ0) is 24.1. The van der Waals surface area contributed by atoms with Crippen molar-refractivity contribution in [3.8, 4) is 17.1 Å². The van der Waals surface area contributed by atoms with Gasteiger partial charge in [0.1, 0.15) is 5.70 Å². The van der Waals surface area contributed by atoms with Crippen LogP contribution in [-0.4, -0.2) is 39.0 Å². The molecule has 0 spiro atoms. The summed E-state index contributed by atoms with van der Waals surface area (Å²) in [6.45, 7) is 1.80. The summed E-state index contributed by atoms with van der Waals surface area (Å²) < 4.78 is 6.54. The van der Waals surface area contributed by atoms with E-state index >= 15 is 0 Å². The maximum atomic E-state index is 12.8. The number of hydrogen-bond acceptors (Lipinski definition) is 6. The van der Waals surface area contributed by atoms with Crippen LogP contribution in [-0.2, 0) is 9.53 Å². The van der Waals surface area contributed by atoms with Gasteiger partial charge >= 0.3 is 5.97 Å². The zero-order valence-electron chi connectivity index (χ0n) is 18.4. The number of nitrogens with zero attached hydrogens (tertiary/aromatic N) is 4. The molecule has 0 bridgehead atoms. The van der Waals surface area contributed by atoms with Crippen LogP contribution >= 0.6 is 11.6 Å². The minimum atomic E-state index is -0.693. The Morgan fingerprint density at radius 1 is 0.971 bits per heavy atom. The average molecular weight is 474 g/mol. The van der Waals surface area contributed by atoms with Gasteiger partial charge in [-0.05, 0) is 37.3 Å². The minimum Gasteiger partial charge on any atom is -0.464 e. The largest absolute Gasteiger partial charge is 0.464 e. The van der Waals surface area contributed by atoms with Crippen molar-refractivity contribution in [2.75, 3.05) is 7.11 Å². The Labute approximate surface area is 200 Å². The van der Waals surface area contributed by atoms with Crippen molar-refractivity contribution in [2.45, 2.75) is 6.92 Å². The molecular weight excluding hydrogens is 454 g/mol. The van der Waals surface area contributed by atoms with E-state index < -0.39 is 11.9 Å². The summed E-state index contributed by atoms with van der Waals surface area (Å²) in [6.07, 6.45) is 1.55. The highest BCUT2D eigenvalue weighted by molar-refractivity contribution is 6.29. The maximum absolute atomic E-state index is 12.8. The van der Waals surface area contributed by atoms with Gasteiger partial charge in [-0.1, -0.05) is 60.1 Å². The molecule has 34 heavy (non-hydrogen) atoms. The number of aryl methyl sites for hydroxylation is 1. The molecule has 0 saturated carbocycles. The molecule has 0 aliphatic heterocycles. The summed E-state index contributed by atoms with van der Waals surface area (Å²) in [7, 11) is 1.25. The highest BCUT2D eigenvalue weighted by atomic mass is 35.5. The van der Waals surface area contributed by atoms with E-state index in [1.165, 1.54) is 7.11 Å². The first-order valence-corrected chi connectivity index (χ1v) is 10.7. The predicted octanol–water partition coefficient (Wildman–Crippen LogP) is 4.24. The second-order valence-corrected chi connectivity index (χ2v) is 7.60. The monoisotopic (exact) mass is 473 g/mol. The van der Waals surface area contributed by atoms with E-state index in [4.69, 9.17) is 16.3 Å². The third-order valence-electron chi connectivity index (χ3n) is 4.97. The Hall–Kier alpha value is -4.30. The number of ether oxygens (including phenoxy) is 1. The SMILES string of the molecule is COC(=O)/C(=C\c1c(C)nn(-c2ccc(Cl)nn2)c1-c1ccccc1)NC(=O)c1ccccc1. The third kappa shape index (κ3) is 4.87. The van der Waals surface area contributed by atoms with Gasteiger partial charge in [-0.15, -0.1) is 10.2 Å². The lowest BCUT2D eigenvalue weighted by Gasteiger charge is -2.10. The highest BCUT2D eigenvalue weighted by Gasteiger charge is 2.21. The molecular formula is C25H20ClN5O3. The molecule has 8 nitrogen and oxygen atoms in total. The standard InChI is InChI=1S/C25H20ClN5O3/c1-16-19(15-20(25(33)34-2)27-24(32)18-11-7-4-8-12-18)23(17-9-5-3-6-10-17)31(30-16)22-14-13-21(26)28-29-22/h3-15H,1-2H3,(H,27,32)/b20-15+. The van der Waals surface area contributed by atoms with Gasteiger partial charge < -0.3 is 10.1 Å². The first-order chi connectivity index (χ1) is 16.5. The molecule has 1 N–H and O–H groups in total. The van der Waals surface area contributed by atoms with E-state index in [0.29, 0.717) is 28.3 Å². The number of aromatic nitrogens is 4. The van der Waals surface area contributed by atoms with Crippen molar-refractivity contribution >= 4 is 29.6 Å². The summed E-state index contributed by atoms with van der Waals surface area (Å²) >= 11 is 5.91. The molecule has 4 aromatic rings. The number of nitrogens with one attached hydrogen (secondary N) is 1. The van der Waals surface area contributed by atoms with Gasteiger partial charge in [-0.3, -0.25) is 4.79 Å². The Bertz CT molecular complexity index is 1350. The molecule has 9 heteroatoms. The molecule has 0 saturated heterocycles. The molecule has 2 heterocycles. The molecule has 4 rings (SSSR count). The quantitative estimate of drug-likeness (QED) is 0.332. The molecule has 0 unspecified atom stereocenters. The number of carbonyl (C=O) groups excluding carboxylic acids is 2. The van der Waals surface area contributed by atoms with Gasteiger partial charge in [0.25, 0.3) is 5.91 Å². The van der Waals surface area contributed by atoms with E-state index in [1.807, 2.05) is 30.3 Å². The van der Waals surface area contributed by atoms with E-state index in [-0.39, 0.29) is 10.9 Å². The summed E-state index contributed by atoms with van der Waals surface area (Å²) in [4.78, 5) is 25.3. The van der Waals surface area contributed by atoms with Crippen LogP contribution in [0.2, 0.25) is 5.15 Å². The smallest absolute Gasteiger partial charge is 0.354 e. The Kier molecular flexibility index (Phi) is 6.79. The molecule has 0 radical (unpaired) electrons. The van der Waals surface area contributed by atoms with Crippen LogP contribution in [0.15, 0.2) is 78.5 Å². The molecule has 2 aromatic carbocycles. The number of methoxy groups -OCH3 is 1. The lowest BCUT2D eigenvalue weighted by Crippen LogP contribution is -2.28. The lowest BCUT2D eigenvalue weighted by molar-refractivity contribution is -0.136. The number of hydrogen-bond donors (Lipinski definition) is 1. The van der Waals surface area contributed by atoms with E-state index in [9.17, 15) is 9.59 Å². The number of benzene rings is 2. The first kappa shape index (κ1) is 22.9. The van der Waals surface area contributed by atoms with Crippen molar-refractivity contribution in [1.82, 2.24) is 25.3 Å². The summed E-state index contributed by atoms with van der Waals surface area (Å²) in [5.41, 5.74) is 3.07. The molecule has 0 atom stereocenters. The topological polar surface area (TPSA) is 99.0 Å². The number of halogens is 1. The number of rotatable bonds is 6. The Morgan fingerprint density at radius 3 is 2.26 bits per heavy atom. The molecule has 170 valence electrons. The van der Waals surface area contributed by atoms with Crippen LogP contribution in [0.5, 0.6) is 0 Å². The third-order valence-corrected chi connectivity index (χ3v) is 5.17. The number of amides is 1. The summed E-state index contributed by atoms with van der Waals surface area (Å²) in [6, 6.07) is 21.4. The van der Waals surface area contributed by atoms with Crippen molar-refractivity contribution < 1.29 is 14.3 Å². The number of carbonyl (C=O) groups is 2. The fraction of sp³-hybridized carbons (Fsp3) is 0.0800. The van der Waals surface area contributed by atoms with Crippen LogP contribution < -0.4 is 5.32 Å². The Balaban J connectivity index is 1.86. The fourth-order valence-electron chi connectivity index (χ4n) is 3.36. The molecule has 0 aliphatic rings. The molecule has 1 amide bonds. The van der Waals surface area contributed by atoms with Crippen molar-refractivity contribution in [3.63, 3.8) is 0 Å². The zero-order valence-corrected chi connectivity index (χ0v) is 19.2. The normalized spacial score (nSPS) is 11.2. The van der Waals surface area contributed by atoms with Gasteiger partial charge in [0.15, 0.2) is 11.0 Å². The van der Waals surface area contributed by atoms with E-state index in [0.717, 1.165) is 5.56 Å². The van der Waals surface area contributed by atoms with Gasteiger partial charge in [0.05, 0.1) is 18.5 Å². The fourth-order valence-corrected chi connectivity index (χ4v) is 3.46. The van der Waals surface area contributed by atoms with Gasteiger partial charge in [-0.2, -0.15) is 5.10 Å². The lowest BCUT2D eigenvalue weighted by atomic mass is 10.0. The van der Waals surface area contributed by atoms with Crippen LogP contribution in [0.1, 0.15) is 21.6 Å². The van der Waals surface area contributed by atoms with Crippen molar-refractivity contribution in [1.29, 1.82) is 0 Å². The van der Waals surface area contributed by atoms with Crippen molar-refractivity contribution in [2.24, 2.45) is 0 Å². The van der Waals surface area contributed by atoms with Crippen molar-refractivity contribution in [3.05, 3.63) is 100 Å². The maximum Gasteiger partial charge on any atom is 0.354 e. The van der Waals surface area contributed by atoms with Gasteiger partial charge in [0.2, 0.25) is 0 Å².